The van der Waals surface area contributed by atoms with Crippen molar-refractivity contribution in [3.63, 3.8) is 0 Å². The zero-order valence-corrected chi connectivity index (χ0v) is 13.2. The Morgan fingerprint density at radius 3 is 2.44 bits per heavy atom. The highest BCUT2D eigenvalue weighted by atomic mass is 127. The molecule has 1 aliphatic rings. The molecule has 100 valence electrons. The van der Waals surface area contributed by atoms with E-state index in [0.717, 1.165) is 27.9 Å². The molecule has 0 amide bonds. The summed E-state index contributed by atoms with van der Waals surface area (Å²) >= 11 is 2.27. The van der Waals surface area contributed by atoms with Gasteiger partial charge in [-0.15, -0.1) is 0 Å². The summed E-state index contributed by atoms with van der Waals surface area (Å²) in [6.45, 7) is 2.18. The van der Waals surface area contributed by atoms with E-state index in [4.69, 9.17) is 10.7 Å². The van der Waals surface area contributed by atoms with Crippen molar-refractivity contribution in [2.45, 2.75) is 64.2 Å². The lowest BCUT2D eigenvalue weighted by atomic mass is 9.99. The number of nitrogens with two attached hydrogens (primary N) is 1. The van der Waals surface area contributed by atoms with Gasteiger partial charge < -0.3 is 5.73 Å². The zero-order valence-electron chi connectivity index (χ0n) is 11.1. The molecule has 0 radical (unpaired) electrons. The highest BCUT2D eigenvalue weighted by Crippen LogP contribution is 2.31. The highest BCUT2D eigenvalue weighted by Gasteiger charge is 2.19. The number of halogens is 1. The average molecular weight is 359 g/mol. The van der Waals surface area contributed by atoms with E-state index in [1.54, 1.807) is 0 Å². The number of nitrogens with zero attached hydrogens (tertiary/aromatic N) is 2. The Morgan fingerprint density at radius 2 is 1.83 bits per heavy atom. The minimum atomic E-state index is 0.530. The summed E-state index contributed by atoms with van der Waals surface area (Å²) in [7, 11) is 0. The van der Waals surface area contributed by atoms with Gasteiger partial charge >= 0.3 is 0 Å². The Morgan fingerprint density at radius 1 is 1.17 bits per heavy atom. The highest BCUT2D eigenvalue weighted by molar-refractivity contribution is 14.1. The maximum Gasteiger partial charge on any atom is 0.140 e. The van der Waals surface area contributed by atoms with Gasteiger partial charge in [0.2, 0.25) is 0 Å². The molecule has 0 atom stereocenters. The van der Waals surface area contributed by atoms with Crippen molar-refractivity contribution in [3.8, 4) is 0 Å². The van der Waals surface area contributed by atoms with E-state index in [-0.39, 0.29) is 0 Å². The first kappa shape index (κ1) is 14.0. The van der Waals surface area contributed by atoms with E-state index in [1.807, 2.05) is 0 Å². The van der Waals surface area contributed by atoms with Gasteiger partial charge in [0.05, 0.1) is 9.26 Å². The summed E-state index contributed by atoms with van der Waals surface area (Å²) in [6, 6.07) is 0. The summed E-state index contributed by atoms with van der Waals surface area (Å²) in [4.78, 5) is 9.33. The molecular weight excluding hydrogens is 337 g/mol. The van der Waals surface area contributed by atoms with Crippen LogP contribution in [-0.4, -0.2) is 9.97 Å². The summed E-state index contributed by atoms with van der Waals surface area (Å²) in [5, 5.41) is 0. The molecule has 0 spiro atoms. The fourth-order valence-corrected chi connectivity index (χ4v) is 3.17. The van der Waals surface area contributed by atoms with Gasteiger partial charge in [0.1, 0.15) is 11.6 Å². The topological polar surface area (TPSA) is 51.8 Å². The average Bonchev–Trinajstić information content (AvgIpc) is 2.63. The second kappa shape index (κ2) is 6.68. The van der Waals surface area contributed by atoms with Crippen LogP contribution in [0.1, 0.15) is 69.3 Å². The molecule has 1 aromatic rings. The van der Waals surface area contributed by atoms with Crippen molar-refractivity contribution in [2.24, 2.45) is 0 Å². The molecule has 18 heavy (non-hydrogen) atoms. The van der Waals surface area contributed by atoms with Gasteiger partial charge in [-0.2, -0.15) is 0 Å². The lowest BCUT2D eigenvalue weighted by Crippen LogP contribution is -2.11. The number of hydrogen-bond acceptors (Lipinski definition) is 3. The van der Waals surface area contributed by atoms with Crippen LogP contribution in [-0.2, 0) is 6.42 Å². The molecule has 1 heterocycles. The Bertz CT molecular complexity index is 398. The zero-order chi connectivity index (χ0) is 13.0. The minimum absolute atomic E-state index is 0.530. The molecule has 0 bridgehead atoms. The summed E-state index contributed by atoms with van der Waals surface area (Å²) < 4.78 is 1.05. The second-order valence-electron chi connectivity index (χ2n) is 5.17. The molecule has 3 nitrogen and oxygen atoms in total. The maximum atomic E-state index is 6.04. The fourth-order valence-electron chi connectivity index (χ4n) is 2.66. The van der Waals surface area contributed by atoms with Crippen LogP contribution in [0.25, 0.3) is 0 Å². The summed E-state index contributed by atoms with van der Waals surface area (Å²) in [5.41, 5.74) is 7.18. The molecule has 1 fully saturated rings. The molecule has 0 unspecified atom stereocenters. The van der Waals surface area contributed by atoms with Crippen molar-refractivity contribution in [1.29, 1.82) is 0 Å². The van der Waals surface area contributed by atoms with Crippen molar-refractivity contribution in [3.05, 3.63) is 15.1 Å². The maximum absolute atomic E-state index is 6.04. The van der Waals surface area contributed by atoms with Gasteiger partial charge in [-0.05, 0) is 41.9 Å². The Labute approximate surface area is 123 Å². The quantitative estimate of drug-likeness (QED) is 0.654. The monoisotopic (exact) mass is 359 g/mol. The number of rotatable bonds is 3. The van der Waals surface area contributed by atoms with Crippen LogP contribution in [0.4, 0.5) is 5.82 Å². The van der Waals surface area contributed by atoms with E-state index in [9.17, 15) is 0 Å². The lowest BCUT2D eigenvalue weighted by Gasteiger charge is -2.15. The SMILES string of the molecule is CCCc1nc(C2CCCCCC2)nc(N)c1I. The third kappa shape index (κ3) is 3.33. The predicted molar refractivity (Wildman–Crippen MR) is 83.6 cm³/mol. The largest absolute Gasteiger partial charge is 0.383 e. The van der Waals surface area contributed by atoms with Crippen LogP contribution < -0.4 is 5.73 Å². The van der Waals surface area contributed by atoms with Crippen molar-refractivity contribution < 1.29 is 0 Å². The van der Waals surface area contributed by atoms with Crippen molar-refractivity contribution in [1.82, 2.24) is 9.97 Å². The van der Waals surface area contributed by atoms with Gasteiger partial charge in [-0.25, -0.2) is 9.97 Å². The third-order valence-electron chi connectivity index (χ3n) is 3.67. The standard InChI is InChI=1S/C14H22IN3/c1-2-7-11-12(15)13(16)18-14(17-11)10-8-5-3-4-6-9-10/h10H,2-9H2,1H3,(H2,16,17,18). The Kier molecular flexibility index (Phi) is 5.21. The van der Waals surface area contributed by atoms with E-state index in [0.29, 0.717) is 11.7 Å². The van der Waals surface area contributed by atoms with Crippen LogP contribution in [0.2, 0.25) is 0 Å². The second-order valence-corrected chi connectivity index (χ2v) is 6.24. The van der Waals surface area contributed by atoms with Crippen LogP contribution in [0.3, 0.4) is 0 Å². The first-order chi connectivity index (χ1) is 8.72. The molecule has 2 rings (SSSR count). The van der Waals surface area contributed by atoms with Crippen LogP contribution in [0, 0.1) is 3.57 Å². The normalized spacial score (nSPS) is 17.7. The third-order valence-corrected chi connectivity index (χ3v) is 4.85. The predicted octanol–water partition coefficient (Wildman–Crippen LogP) is 4.05. The Balaban J connectivity index is 2.26. The van der Waals surface area contributed by atoms with Crippen LogP contribution in [0.5, 0.6) is 0 Å². The van der Waals surface area contributed by atoms with Crippen molar-refractivity contribution in [2.75, 3.05) is 5.73 Å². The summed E-state index contributed by atoms with van der Waals surface area (Å²) in [6.07, 6.45) is 9.90. The minimum Gasteiger partial charge on any atom is -0.383 e. The smallest absolute Gasteiger partial charge is 0.140 e. The van der Waals surface area contributed by atoms with Gasteiger partial charge in [0.15, 0.2) is 0 Å². The van der Waals surface area contributed by atoms with Gasteiger partial charge in [-0.1, -0.05) is 39.0 Å². The van der Waals surface area contributed by atoms with E-state index >= 15 is 0 Å². The summed E-state index contributed by atoms with van der Waals surface area (Å²) in [5.74, 6) is 2.20. The number of aromatic nitrogens is 2. The Hall–Kier alpha value is -0.390. The van der Waals surface area contributed by atoms with Crippen LogP contribution >= 0.6 is 22.6 Å². The van der Waals surface area contributed by atoms with Crippen molar-refractivity contribution >= 4 is 28.4 Å². The molecule has 0 aromatic carbocycles. The number of aryl methyl sites for hydroxylation is 1. The molecule has 0 aliphatic heterocycles. The molecule has 1 aromatic heterocycles. The van der Waals surface area contributed by atoms with Gasteiger partial charge in [0.25, 0.3) is 0 Å². The fraction of sp³-hybridized carbons (Fsp3) is 0.714. The molecule has 0 saturated heterocycles. The van der Waals surface area contributed by atoms with E-state index in [1.165, 1.54) is 38.5 Å². The van der Waals surface area contributed by atoms with Gasteiger partial charge in [-0.3, -0.25) is 0 Å². The molecule has 4 heteroatoms. The number of hydrogen-bond donors (Lipinski definition) is 1. The number of anilines is 1. The molecular formula is C14H22IN3. The van der Waals surface area contributed by atoms with Gasteiger partial charge in [0, 0.05) is 5.92 Å². The molecule has 2 N–H and O–H groups in total. The van der Waals surface area contributed by atoms with Crippen LogP contribution in [0.15, 0.2) is 0 Å². The first-order valence-electron chi connectivity index (χ1n) is 7.04. The number of nitrogen functional groups attached to an aromatic ring is 1. The van der Waals surface area contributed by atoms with E-state index in [2.05, 4.69) is 34.5 Å². The lowest BCUT2D eigenvalue weighted by molar-refractivity contribution is 0.557. The molecule has 1 aliphatic carbocycles. The first-order valence-corrected chi connectivity index (χ1v) is 8.12. The van der Waals surface area contributed by atoms with E-state index < -0.39 is 0 Å². The molecule has 1 saturated carbocycles.